The van der Waals surface area contributed by atoms with Gasteiger partial charge in [-0.1, -0.05) is 0 Å². The van der Waals surface area contributed by atoms with E-state index in [1.807, 2.05) is 13.1 Å². The summed E-state index contributed by atoms with van der Waals surface area (Å²) in [4.78, 5) is 0. The topological polar surface area (TPSA) is 64.1 Å². The number of aryl methyl sites for hydroxylation is 1. The van der Waals surface area contributed by atoms with E-state index >= 15 is 0 Å². The maximum absolute atomic E-state index is 9.40. The second-order valence-electron chi connectivity index (χ2n) is 3.46. The van der Waals surface area contributed by atoms with Crippen LogP contribution in [-0.4, -0.2) is 27.0 Å². The minimum absolute atomic E-state index is 0.0151. The molecule has 0 amide bonds. The summed E-state index contributed by atoms with van der Waals surface area (Å²) in [5.41, 5.74) is 6.83. The Balaban J connectivity index is 2.19. The van der Waals surface area contributed by atoms with Gasteiger partial charge in [0.1, 0.15) is 0 Å². The highest BCUT2D eigenvalue weighted by atomic mass is 16.3. The van der Waals surface area contributed by atoms with Gasteiger partial charge in [0.05, 0.1) is 18.3 Å². The molecule has 1 aliphatic carbocycles. The third-order valence-electron chi connectivity index (χ3n) is 2.38. The molecular weight excluding hydrogens is 154 g/mol. The number of nitrogens with two attached hydrogens (primary N) is 1. The van der Waals surface area contributed by atoms with Crippen LogP contribution in [-0.2, 0) is 0 Å². The van der Waals surface area contributed by atoms with Crippen LogP contribution in [0.15, 0.2) is 12.4 Å². The van der Waals surface area contributed by atoms with Crippen molar-refractivity contribution in [2.45, 2.75) is 31.5 Å². The summed E-state index contributed by atoms with van der Waals surface area (Å²) in [7, 11) is 0. The van der Waals surface area contributed by atoms with E-state index in [-0.39, 0.29) is 18.2 Å². The Morgan fingerprint density at radius 3 is 2.92 bits per heavy atom. The van der Waals surface area contributed by atoms with E-state index in [4.69, 9.17) is 5.73 Å². The molecule has 1 aromatic rings. The molecule has 3 atom stereocenters. The molecule has 1 aromatic heterocycles. The lowest BCUT2D eigenvalue weighted by Crippen LogP contribution is -2.52. The molecule has 66 valence electrons. The molecule has 0 saturated heterocycles. The molecule has 1 heterocycles. The molecule has 3 unspecified atom stereocenters. The molecule has 3 N–H and O–H groups in total. The zero-order valence-corrected chi connectivity index (χ0v) is 7.01. The minimum Gasteiger partial charge on any atom is -0.391 e. The Hall–Kier alpha value is -0.870. The number of rotatable bonds is 1. The Morgan fingerprint density at radius 1 is 1.75 bits per heavy atom. The van der Waals surface area contributed by atoms with E-state index in [0.717, 1.165) is 5.56 Å². The smallest absolute Gasteiger partial charge is 0.0930 e. The van der Waals surface area contributed by atoms with Crippen molar-refractivity contribution < 1.29 is 5.11 Å². The lowest BCUT2D eigenvalue weighted by molar-refractivity contribution is 0.00634. The van der Waals surface area contributed by atoms with Gasteiger partial charge in [-0.15, -0.1) is 0 Å². The van der Waals surface area contributed by atoms with E-state index in [9.17, 15) is 5.11 Å². The molecule has 0 spiro atoms. The summed E-state index contributed by atoms with van der Waals surface area (Å²) in [6.45, 7) is 1.97. The number of hydrogen-bond donors (Lipinski definition) is 2. The number of nitrogens with zero attached hydrogens (tertiary/aromatic N) is 2. The summed E-state index contributed by atoms with van der Waals surface area (Å²) in [6, 6.07) is 0.0398. The standard InChI is InChI=1S/C8H13N3O/c1-5-3-10-11(4-5)8-6(9)2-7(8)12/h3-4,6-8,12H,2,9H2,1H3. The van der Waals surface area contributed by atoms with Crippen molar-refractivity contribution in [2.24, 2.45) is 5.73 Å². The Bertz CT molecular complexity index is 276. The molecule has 12 heavy (non-hydrogen) atoms. The van der Waals surface area contributed by atoms with E-state index in [0.29, 0.717) is 6.42 Å². The van der Waals surface area contributed by atoms with Gasteiger partial charge in [0.15, 0.2) is 0 Å². The maximum atomic E-state index is 9.40. The van der Waals surface area contributed by atoms with Gasteiger partial charge in [-0.2, -0.15) is 5.10 Å². The average Bonchev–Trinajstić information content (AvgIpc) is 2.35. The van der Waals surface area contributed by atoms with Gasteiger partial charge in [-0.25, -0.2) is 0 Å². The first kappa shape index (κ1) is 7.76. The second-order valence-corrected chi connectivity index (χ2v) is 3.46. The van der Waals surface area contributed by atoms with Crippen LogP contribution in [0, 0.1) is 6.92 Å². The number of aliphatic hydroxyl groups excluding tert-OH is 1. The first-order valence-corrected chi connectivity index (χ1v) is 4.13. The Labute approximate surface area is 71.0 Å². The van der Waals surface area contributed by atoms with Gasteiger partial charge in [0, 0.05) is 12.2 Å². The molecule has 1 saturated carbocycles. The molecule has 1 fully saturated rings. The van der Waals surface area contributed by atoms with E-state index in [1.54, 1.807) is 10.9 Å². The van der Waals surface area contributed by atoms with Gasteiger partial charge in [0.25, 0.3) is 0 Å². The molecule has 0 radical (unpaired) electrons. The van der Waals surface area contributed by atoms with Crippen LogP contribution >= 0.6 is 0 Å². The summed E-state index contributed by atoms with van der Waals surface area (Å²) >= 11 is 0. The molecule has 0 bridgehead atoms. The van der Waals surface area contributed by atoms with Crippen LogP contribution in [0.2, 0.25) is 0 Å². The molecular formula is C8H13N3O. The normalized spacial score (nSPS) is 34.8. The van der Waals surface area contributed by atoms with Gasteiger partial charge < -0.3 is 10.8 Å². The van der Waals surface area contributed by atoms with Gasteiger partial charge >= 0.3 is 0 Å². The quantitative estimate of drug-likeness (QED) is 0.610. The zero-order valence-electron chi connectivity index (χ0n) is 7.01. The van der Waals surface area contributed by atoms with E-state index in [2.05, 4.69) is 5.10 Å². The maximum Gasteiger partial charge on any atom is 0.0930 e. The summed E-state index contributed by atoms with van der Waals surface area (Å²) in [5, 5.41) is 13.5. The van der Waals surface area contributed by atoms with Gasteiger partial charge in [-0.05, 0) is 18.9 Å². The SMILES string of the molecule is Cc1cnn(C2C(N)CC2O)c1. The van der Waals surface area contributed by atoms with Crippen molar-refractivity contribution in [3.63, 3.8) is 0 Å². The Morgan fingerprint density at radius 2 is 2.50 bits per heavy atom. The van der Waals surface area contributed by atoms with Crippen LogP contribution in [0.3, 0.4) is 0 Å². The third kappa shape index (κ3) is 1.04. The van der Waals surface area contributed by atoms with Crippen molar-refractivity contribution in [3.05, 3.63) is 18.0 Å². The van der Waals surface area contributed by atoms with Crippen LogP contribution < -0.4 is 5.73 Å². The van der Waals surface area contributed by atoms with Gasteiger partial charge in [0.2, 0.25) is 0 Å². The van der Waals surface area contributed by atoms with Crippen molar-refractivity contribution in [3.8, 4) is 0 Å². The lowest BCUT2D eigenvalue weighted by atomic mass is 9.84. The summed E-state index contributed by atoms with van der Waals surface area (Å²) < 4.78 is 1.76. The second kappa shape index (κ2) is 2.57. The highest BCUT2D eigenvalue weighted by Crippen LogP contribution is 2.30. The fourth-order valence-electron chi connectivity index (χ4n) is 1.62. The largest absolute Gasteiger partial charge is 0.391 e. The van der Waals surface area contributed by atoms with Crippen molar-refractivity contribution >= 4 is 0 Å². The summed E-state index contributed by atoms with van der Waals surface area (Å²) in [6.07, 6.45) is 4.05. The van der Waals surface area contributed by atoms with E-state index < -0.39 is 0 Å². The predicted molar refractivity (Wildman–Crippen MR) is 44.6 cm³/mol. The van der Waals surface area contributed by atoms with Gasteiger partial charge in [-0.3, -0.25) is 4.68 Å². The predicted octanol–water partition coefficient (Wildman–Crippen LogP) is -0.175. The van der Waals surface area contributed by atoms with Crippen molar-refractivity contribution in [1.29, 1.82) is 0 Å². The minimum atomic E-state index is -0.320. The average molecular weight is 167 g/mol. The fourth-order valence-corrected chi connectivity index (χ4v) is 1.62. The third-order valence-corrected chi connectivity index (χ3v) is 2.38. The molecule has 0 aliphatic heterocycles. The Kier molecular flexibility index (Phi) is 1.66. The lowest BCUT2D eigenvalue weighted by Gasteiger charge is -2.39. The first-order chi connectivity index (χ1) is 5.68. The van der Waals surface area contributed by atoms with E-state index in [1.165, 1.54) is 0 Å². The molecule has 0 aromatic carbocycles. The van der Waals surface area contributed by atoms with Crippen LogP contribution in [0.1, 0.15) is 18.0 Å². The molecule has 2 rings (SSSR count). The van der Waals surface area contributed by atoms with Crippen LogP contribution in [0.25, 0.3) is 0 Å². The monoisotopic (exact) mass is 167 g/mol. The molecule has 1 aliphatic rings. The van der Waals surface area contributed by atoms with Crippen LogP contribution in [0.5, 0.6) is 0 Å². The highest BCUT2D eigenvalue weighted by molar-refractivity contribution is 5.05. The number of aliphatic hydroxyl groups is 1. The fraction of sp³-hybridized carbons (Fsp3) is 0.625. The van der Waals surface area contributed by atoms with Crippen LogP contribution in [0.4, 0.5) is 0 Å². The van der Waals surface area contributed by atoms with Crippen molar-refractivity contribution in [2.75, 3.05) is 0 Å². The summed E-state index contributed by atoms with van der Waals surface area (Å²) in [5.74, 6) is 0. The number of aromatic nitrogens is 2. The first-order valence-electron chi connectivity index (χ1n) is 4.13. The number of hydrogen-bond acceptors (Lipinski definition) is 3. The van der Waals surface area contributed by atoms with Crippen molar-refractivity contribution in [1.82, 2.24) is 9.78 Å². The molecule has 4 heteroatoms. The highest BCUT2D eigenvalue weighted by Gasteiger charge is 2.39. The zero-order chi connectivity index (χ0) is 8.72. The molecule has 4 nitrogen and oxygen atoms in total.